The first-order valence-corrected chi connectivity index (χ1v) is 5.23. The molecule has 0 saturated heterocycles. The van der Waals surface area contributed by atoms with E-state index in [4.69, 9.17) is 0 Å². The second-order valence-corrected chi connectivity index (χ2v) is 3.60. The summed E-state index contributed by atoms with van der Waals surface area (Å²) in [7, 11) is 0. The molecule has 5 heteroatoms. The minimum atomic E-state index is 0.0585. The van der Waals surface area contributed by atoms with E-state index in [0.29, 0.717) is 5.82 Å². The van der Waals surface area contributed by atoms with E-state index in [1.54, 1.807) is 18.5 Å². The molecule has 0 aromatic carbocycles. The van der Waals surface area contributed by atoms with Crippen LogP contribution in [0.4, 0.5) is 5.82 Å². The number of nitrogens with zero attached hydrogens (tertiary/aromatic N) is 3. The van der Waals surface area contributed by atoms with Crippen molar-refractivity contribution in [2.75, 3.05) is 11.9 Å². The monoisotopic (exact) mass is 228 g/mol. The molecule has 0 aliphatic carbocycles. The van der Waals surface area contributed by atoms with Crippen LogP contribution in [0.3, 0.4) is 0 Å². The molecule has 0 aliphatic heterocycles. The maximum Gasteiger partial charge on any atom is 0.149 e. The fourth-order valence-corrected chi connectivity index (χ4v) is 1.31. The summed E-state index contributed by atoms with van der Waals surface area (Å²) in [5, 5.41) is 10.9. The first-order valence-electron chi connectivity index (χ1n) is 5.23. The molecule has 17 heavy (non-hydrogen) atoms. The maximum atomic E-state index is 10.8. The highest BCUT2D eigenvalue weighted by atomic mass is 16.1. The van der Waals surface area contributed by atoms with Crippen molar-refractivity contribution in [3.05, 3.63) is 36.7 Å². The van der Waals surface area contributed by atoms with Gasteiger partial charge in [0.15, 0.2) is 0 Å². The predicted molar refractivity (Wildman–Crippen MR) is 64.4 cm³/mol. The van der Waals surface area contributed by atoms with Gasteiger partial charge in [0.05, 0.1) is 12.2 Å². The van der Waals surface area contributed by atoms with E-state index < -0.39 is 0 Å². The molecule has 0 unspecified atom stereocenters. The van der Waals surface area contributed by atoms with Crippen molar-refractivity contribution in [3.8, 4) is 11.3 Å². The van der Waals surface area contributed by atoms with Crippen LogP contribution >= 0.6 is 0 Å². The molecular weight excluding hydrogens is 216 g/mol. The van der Waals surface area contributed by atoms with Crippen LogP contribution in [-0.2, 0) is 4.79 Å². The number of ketones is 1. The number of hydrogen-bond donors (Lipinski definition) is 1. The van der Waals surface area contributed by atoms with Gasteiger partial charge in [-0.3, -0.25) is 9.78 Å². The lowest BCUT2D eigenvalue weighted by Crippen LogP contribution is -2.11. The molecule has 86 valence electrons. The second kappa shape index (κ2) is 5.16. The number of aromatic nitrogens is 3. The van der Waals surface area contributed by atoms with Crippen molar-refractivity contribution < 1.29 is 4.79 Å². The number of rotatable bonds is 4. The van der Waals surface area contributed by atoms with Crippen molar-refractivity contribution in [2.24, 2.45) is 0 Å². The zero-order chi connectivity index (χ0) is 12.1. The molecule has 2 heterocycles. The molecular formula is C12H12N4O. The third kappa shape index (κ3) is 3.07. The van der Waals surface area contributed by atoms with Gasteiger partial charge in [0, 0.05) is 18.0 Å². The average Bonchev–Trinajstić information content (AvgIpc) is 2.38. The Morgan fingerprint density at radius 2 is 2.18 bits per heavy atom. The molecule has 0 atom stereocenters. The third-order valence-electron chi connectivity index (χ3n) is 2.14. The smallest absolute Gasteiger partial charge is 0.149 e. The lowest BCUT2D eigenvalue weighted by atomic mass is 10.2. The largest absolute Gasteiger partial charge is 0.362 e. The molecule has 0 saturated carbocycles. The Hall–Kier alpha value is -2.30. The van der Waals surface area contributed by atoms with E-state index in [2.05, 4.69) is 20.5 Å². The van der Waals surface area contributed by atoms with Crippen LogP contribution in [0.1, 0.15) is 6.92 Å². The molecule has 2 aromatic heterocycles. The van der Waals surface area contributed by atoms with Crippen LogP contribution in [0.5, 0.6) is 0 Å². The van der Waals surface area contributed by atoms with Crippen molar-refractivity contribution >= 4 is 11.6 Å². The van der Waals surface area contributed by atoms with E-state index >= 15 is 0 Å². The molecule has 0 fully saturated rings. The van der Waals surface area contributed by atoms with Crippen molar-refractivity contribution in [3.63, 3.8) is 0 Å². The molecule has 0 radical (unpaired) electrons. The Morgan fingerprint density at radius 1 is 1.29 bits per heavy atom. The lowest BCUT2D eigenvalue weighted by Gasteiger charge is -2.03. The van der Waals surface area contributed by atoms with Gasteiger partial charge >= 0.3 is 0 Å². The zero-order valence-corrected chi connectivity index (χ0v) is 9.42. The van der Waals surface area contributed by atoms with Gasteiger partial charge in [-0.15, -0.1) is 10.2 Å². The normalized spacial score (nSPS) is 9.94. The van der Waals surface area contributed by atoms with Crippen LogP contribution < -0.4 is 5.32 Å². The highest BCUT2D eigenvalue weighted by Crippen LogP contribution is 2.14. The second-order valence-electron chi connectivity index (χ2n) is 3.60. The number of anilines is 1. The van der Waals surface area contributed by atoms with E-state index in [-0.39, 0.29) is 12.3 Å². The molecule has 0 aliphatic rings. The van der Waals surface area contributed by atoms with Crippen LogP contribution in [0.25, 0.3) is 11.3 Å². The predicted octanol–water partition coefficient (Wildman–Crippen LogP) is 1.54. The van der Waals surface area contributed by atoms with Gasteiger partial charge in [0.25, 0.3) is 0 Å². The maximum absolute atomic E-state index is 10.8. The number of pyridine rings is 1. The first kappa shape index (κ1) is 11.2. The highest BCUT2D eigenvalue weighted by molar-refractivity contribution is 5.80. The molecule has 0 spiro atoms. The standard InChI is InChI=1S/C12H12N4O/c1-9(17)7-14-12-5-4-11(15-16-12)10-3-2-6-13-8-10/h2-6,8H,7H2,1H3,(H,14,16). The fourth-order valence-electron chi connectivity index (χ4n) is 1.31. The summed E-state index contributed by atoms with van der Waals surface area (Å²) in [6.45, 7) is 1.78. The molecule has 0 bridgehead atoms. The summed E-state index contributed by atoms with van der Waals surface area (Å²) in [6, 6.07) is 7.39. The number of nitrogens with one attached hydrogen (secondary N) is 1. The number of carbonyl (C=O) groups is 1. The Balaban J connectivity index is 2.11. The SMILES string of the molecule is CC(=O)CNc1ccc(-c2cccnc2)nn1. The van der Waals surface area contributed by atoms with E-state index in [1.807, 2.05) is 18.2 Å². The van der Waals surface area contributed by atoms with Crippen molar-refractivity contribution in [2.45, 2.75) is 6.92 Å². The van der Waals surface area contributed by atoms with Crippen molar-refractivity contribution in [1.29, 1.82) is 0 Å². The lowest BCUT2D eigenvalue weighted by molar-refractivity contribution is -0.115. The topological polar surface area (TPSA) is 67.8 Å². The summed E-state index contributed by atoms with van der Waals surface area (Å²) in [5.74, 6) is 0.649. The van der Waals surface area contributed by atoms with Crippen LogP contribution in [-0.4, -0.2) is 27.5 Å². The van der Waals surface area contributed by atoms with Gasteiger partial charge in [0.2, 0.25) is 0 Å². The van der Waals surface area contributed by atoms with Gasteiger partial charge in [0.1, 0.15) is 11.6 Å². The minimum Gasteiger partial charge on any atom is -0.362 e. The van der Waals surface area contributed by atoms with E-state index in [9.17, 15) is 4.79 Å². The summed E-state index contributed by atoms with van der Waals surface area (Å²) in [5.41, 5.74) is 1.67. The summed E-state index contributed by atoms with van der Waals surface area (Å²) < 4.78 is 0. The number of Topliss-reactive ketones (excluding diaryl/α,β-unsaturated/α-hetero) is 1. The molecule has 5 nitrogen and oxygen atoms in total. The summed E-state index contributed by atoms with van der Waals surface area (Å²) >= 11 is 0. The van der Waals surface area contributed by atoms with E-state index in [0.717, 1.165) is 11.3 Å². The fraction of sp³-hybridized carbons (Fsp3) is 0.167. The number of carbonyl (C=O) groups excluding carboxylic acids is 1. The van der Waals surface area contributed by atoms with Gasteiger partial charge in [-0.1, -0.05) is 0 Å². The molecule has 0 amide bonds. The molecule has 1 N–H and O–H groups in total. The number of hydrogen-bond acceptors (Lipinski definition) is 5. The average molecular weight is 228 g/mol. The zero-order valence-electron chi connectivity index (χ0n) is 9.42. The quantitative estimate of drug-likeness (QED) is 0.859. The van der Waals surface area contributed by atoms with Crippen LogP contribution in [0.2, 0.25) is 0 Å². The van der Waals surface area contributed by atoms with Gasteiger partial charge < -0.3 is 5.32 Å². The van der Waals surface area contributed by atoms with Crippen LogP contribution in [0, 0.1) is 0 Å². The van der Waals surface area contributed by atoms with Gasteiger partial charge in [-0.05, 0) is 31.2 Å². The Bertz CT molecular complexity index is 496. The van der Waals surface area contributed by atoms with Gasteiger partial charge in [-0.25, -0.2) is 0 Å². The Labute approximate surface area is 98.9 Å². The Kier molecular flexibility index (Phi) is 3.40. The highest BCUT2D eigenvalue weighted by Gasteiger charge is 2.01. The van der Waals surface area contributed by atoms with Gasteiger partial charge in [-0.2, -0.15) is 0 Å². The van der Waals surface area contributed by atoms with E-state index in [1.165, 1.54) is 6.92 Å². The summed E-state index contributed by atoms with van der Waals surface area (Å²) in [4.78, 5) is 14.8. The molecule has 2 aromatic rings. The minimum absolute atomic E-state index is 0.0585. The molecule has 2 rings (SSSR count). The Morgan fingerprint density at radius 3 is 2.76 bits per heavy atom. The van der Waals surface area contributed by atoms with Crippen molar-refractivity contribution in [1.82, 2.24) is 15.2 Å². The third-order valence-corrected chi connectivity index (χ3v) is 2.14. The first-order chi connectivity index (χ1) is 8.25. The summed E-state index contributed by atoms with van der Waals surface area (Å²) in [6.07, 6.45) is 3.44. The van der Waals surface area contributed by atoms with Crippen LogP contribution in [0.15, 0.2) is 36.7 Å².